The van der Waals surface area contributed by atoms with Gasteiger partial charge in [-0.2, -0.15) is 0 Å². The molecule has 1 N–H and O–H groups in total. The quantitative estimate of drug-likeness (QED) is 0.465. The number of carbonyl (C=O) groups is 1. The maximum absolute atomic E-state index is 13.0. The zero-order chi connectivity index (χ0) is 21.3. The van der Waals surface area contributed by atoms with E-state index in [9.17, 15) is 9.90 Å². The van der Waals surface area contributed by atoms with Crippen molar-refractivity contribution in [2.75, 3.05) is 28.4 Å². The molecule has 2 aliphatic rings. The number of ether oxygens (including phenoxy) is 6. The Morgan fingerprint density at radius 3 is 1.82 bits per heavy atom. The summed E-state index contributed by atoms with van der Waals surface area (Å²) in [5.74, 6) is -3.52. The number of hydrogen-bond donors (Lipinski definition) is 1. The highest BCUT2D eigenvalue weighted by Gasteiger charge is 2.65. The van der Waals surface area contributed by atoms with Crippen LogP contribution in [0.1, 0.15) is 27.7 Å². The van der Waals surface area contributed by atoms with E-state index in [1.165, 1.54) is 40.6 Å². The summed E-state index contributed by atoms with van der Waals surface area (Å²) >= 11 is 0. The van der Waals surface area contributed by atoms with Crippen molar-refractivity contribution < 1.29 is 38.3 Å². The summed E-state index contributed by atoms with van der Waals surface area (Å²) in [4.78, 5) is 13.0. The van der Waals surface area contributed by atoms with Gasteiger partial charge in [0.05, 0.1) is 12.2 Å². The van der Waals surface area contributed by atoms with E-state index < -0.39 is 23.0 Å². The Hall–Kier alpha value is -1.71. The van der Waals surface area contributed by atoms with Crippen LogP contribution in [0, 0.1) is 0 Å². The topological polar surface area (TPSA) is 92.7 Å². The minimum atomic E-state index is -2.16. The minimum Gasteiger partial charge on any atom is -0.487 e. The number of rotatable bonds is 9. The molecule has 0 bridgehead atoms. The monoisotopic (exact) mass is 398 g/mol. The third kappa shape index (κ3) is 3.40. The van der Waals surface area contributed by atoms with Gasteiger partial charge in [-0.25, -0.2) is 0 Å². The van der Waals surface area contributed by atoms with Gasteiger partial charge in [-0.05, 0) is 45.9 Å². The molecule has 0 aliphatic heterocycles. The second-order valence-corrected chi connectivity index (χ2v) is 7.13. The van der Waals surface area contributed by atoms with E-state index >= 15 is 0 Å². The molecule has 158 valence electrons. The van der Waals surface area contributed by atoms with Crippen LogP contribution in [0.2, 0.25) is 0 Å². The average molecular weight is 398 g/mol. The van der Waals surface area contributed by atoms with Crippen LogP contribution in [0.5, 0.6) is 0 Å². The molecule has 2 aliphatic carbocycles. The van der Waals surface area contributed by atoms with Crippen LogP contribution in [0.15, 0.2) is 35.3 Å². The fourth-order valence-electron chi connectivity index (χ4n) is 3.23. The normalized spacial score (nSPS) is 25.8. The number of ketones is 1. The third-order valence-corrected chi connectivity index (χ3v) is 4.67. The van der Waals surface area contributed by atoms with E-state index in [2.05, 4.69) is 0 Å². The van der Waals surface area contributed by atoms with Crippen LogP contribution in [-0.2, 0) is 33.2 Å². The molecule has 1 unspecified atom stereocenters. The maximum Gasteiger partial charge on any atom is 0.245 e. The maximum atomic E-state index is 13.0. The Labute approximate surface area is 165 Å². The van der Waals surface area contributed by atoms with E-state index in [1.54, 1.807) is 33.8 Å². The SMILES string of the molecule is COC1(OC)C=CC(OC)(OC)C(C2(O)C(=O)C(OC(C)C)=C2OC(C)C)=C1. The highest BCUT2D eigenvalue weighted by Crippen LogP contribution is 2.50. The van der Waals surface area contributed by atoms with E-state index in [0.717, 1.165) is 0 Å². The molecule has 0 amide bonds. The Bertz CT molecular complexity index is 695. The average Bonchev–Trinajstić information content (AvgIpc) is 2.69. The summed E-state index contributed by atoms with van der Waals surface area (Å²) < 4.78 is 33.3. The lowest BCUT2D eigenvalue weighted by Crippen LogP contribution is -2.61. The molecule has 0 aromatic carbocycles. The van der Waals surface area contributed by atoms with E-state index in [4.69, 9.17) is 28.4 Å². The summed E-state index contributed by atoms with van der Waals surface area (Å²) in [6, 6.07) is 0. The van der Waals surface area contributed by atoms with Crippen molar-refractivity contribution >= 4 is 5.78 Å². The highest BCUT2D eigenvalue weighted by molar-refractivity contribution is 6.13. The van der Waals surface area contributed by atoms with Crippen LogP contribution in [0.4, 0.5) is 0 Å². The molecule has 8 heteroatoms. The fraction of sp³-hybridized carbons (Fsp3) is 0.650. The van der Waals surface area contributed by atoms with Gasteiger partial charge in [0.25, 0.3) is 0 Å². The molecule has 1 atom stereocenters. The third-order valence-electron chi connectivity index (χ3n) is 4.67. The van der Waals surface area contributed by atoms with Crippen molar-refractivity contribution in [2.45, 2.75) is 57.1 Å². The number of aliphatic hydroxyl groups is 1. The van der Waals surface area contributed by atoms with Gasteiger partial charge in [-0.15, -0.1) is 0 Å². The molecule has 0 radical (unpaired) electrons. The molecule has 28 heavy (non-hydrogen) atoms. The van der Waals surface area contributed by atoms with Crippen LogP contribution < -0.4 is 0 Å². The molecule has 0 aromatic rings. The second kappa shape index (κ2) is 7.96. The van der Waals surface area contributed by atoms with Gasteiger partial charge in [-0.1, -0.05) is 0 Å². The second-order valence-electron chi connectivity index (χ2n) is 7.13. The van der Waals surface area contributed by atoms with Gasteiger partial charge in [-0.3, -0.25) is 4.79 Å². The smallest absolute Gasteiger partial charge is 0.245 e. The van der Waals surface area contributed by atoms with E-state index in [0.29, 0.717) is 0 Å². The van der Waals surface area contributed by atoms with Crippen molar-refractivity contribution in [3.8, 4) is 0 Å². The van der Waals surface area contributed by atoms with Gasteiger partial charge in [0.15, 0.2) is 5.76 Å². The fourth-order valence-corrected chi connectivity index (χ4v) is 3.23. The molecule has 2 rings (SSSR count). The summed E-state index contributed by atoms with van der Waals surface area (Å²) in [6.45, 7) is 7.13. The predicted octanol–water partition coefficient (Wildman–Crippen LogP) is 1.84. The van der Waals surface area contributed by atoms with Crippen molar-refractivity contribution in [1.82, 2.24) is 0 Å². The molecule has 0 aromatic heterocycles. The van der Waals surface area contributed by atoms with Crippen molar-refractivity contribution in [1.29, 1.82) is 0 Å². The lowest BCUT2D eigenvalue weighted by Gasteiger charge is -2.47. The minimum absolute atomic E-state index is 0.00216. The standard InChI is InChI=1S/C20H30O8/c1-12(2)27-15-16(21)20(22,17(15)28-13(3)4)14-11-18(23-5,24-6)9-10-19(14,25-7)26-8/h9-13,22H,1-8H3. The summed E-state index contributed by atoms with van der Waals surface area (Å²) in [5.41, 5.74) is -2.10. The van der Waals surface area contributed by atoms with Crippen LogP contribution in [0.25, 0.3) is 0 Å². The Kier molecular flexibility index (Phi) is 6.42. The number of methoxy groups -OCH3 is 4. The van der Waals surface area contributed by atoms with Gasteiger partial charge in [0, 0.05) is 34.0 Å². The summed E-state index contributed by atoms with van der Waals surface area (Å²) in [6.07, 6.45) is 3.96. The van der Waals surface area contributed by atoms with E-state index in [-0.39, 0.29) is 29.3 Å². The van der Waals surface area contributed by atoms with Crippen LogP contribution in [0.3, 0.4) is 0 Å². The molecular formula is C20H30O8. The molecule has 0 saturated heterocycles. The first-order valence-corrected chi connectivity index (χ1v) is 9.05. The van der Waals surface area contributed by atoms with Gasteiger partial charge in [0.1, 0.15) is 0 Å². The lowest BCUT2D eigenvalue weighted by molar-refractivity contribution is -0.187. The van der Waals surface area contributed by atoms with Crippen LogP contribution >= 0.6 is 0 Å². The molecular weight excluding hydrogens is 368 g/mol. The molecule has 0 heterocycles. The number of Topliss-reactive ketones (excluding diaryl/α,β-unsaturated/α-hetero) is 1. The van der Waals surface area contributed by atoms with Crippen molar-refractivity contribution in [3.05, 3.63) is 35.3 Å². The molecule has 0 saturated carbocycles. The van der Waals surface area contributed by atoms with Gasteiger partial charge < -0.3 is 33.5 Å². The number of carbonyl (C=O) groups excluding carboxylic acids is 1. The number of hydrogen-bond acceptors (Lipinski definition) is 8. The molecule has 0 spiro atoms. The Morgan fingerprint density at radius 1 is 0.857 bits per heavy atom. The lowest BCUT2D eigenvalue weighted by atomic mass is 9.71. The van der Waals surface area contributed by atoms with Gasteiger partial charge >= 0.3 is 0 Å². The first-order chi connectivity index (χ1) is 13.1. The highest BCUT2D eigenvalue weighted by atomic mass is 16.7. The van der Waals surface area contributed by atoms with Crippen molar-refractivity contribution in [2.24, 2.45) is 0 Å². The van der Waals surface area contributed by atoms with Crippen LogP contribution in [-0.4, -0.2) is 68.7 Å². The first kappa shape index (κ1) is 22.6. The summed E-state index contributed by atoms with van der Waals surface area (Å²) in [7, 11) is 5.68. The zero-order valence-electron chi connectivity index (χ0n) is 17.7. The summed E-state index contributed by atoms with van der Waals surface area (Å²) in [5, 5.41) is 11.5. The zero-order valence-corrected chi connectivity index (χ0v) is 17.7. The largest absolute Gasteiger partial charge is 0.487 e. The Balaban J connectivity index is 2.69. The van der Waals surface area contributed by atoms with Crippen molar-refractivity contribution in [3.63, 3.8) is 0 Å². The molecule has 8 nitrogen and oxygen atoms in total. The Morgan fingerprint density at radius 2 is 1.39 bits per heavy atom. The predicted molar refractivity (Wildman–Crippen MR) is 100 cm³/mol. The van der Waals surface area contributed by atoms with E-state index in [1.807, 2.05) is 0 Å². The first-order valence-electron chi connectivity index (χ1n) is 9.05. The molecule has 0 fully saturated rings. The van der Waals surface area contributed by atoms with Gasteiger partial charge in [0.2, 0.25) is 28.7 Å².